The van der Waals surface area contributed by atoms with Crippen LogP contribution < -0.4 is 5.32 Å². The van der Waals surface area contributed by atoms with E-state index < -0.39 is 0 Å². The van der Waals surface area contributed by atoms with E-state index in [1.807, 2.05) is 0 Å². The first kappa shape index (κ1) is 18.9. The Hall–Kier alpha value is -1.43. The number of nitrogens with zero attached hydrogens (tertiary/aromatic N) is 1. The second-order valence-electron chi connectivity index (χ2n) is 6.50. The van der Waals surface area contributed by atoms with Crippen LogP contribution in [-0.4, -0.2) is 23.5 Å². The van der Waals surface area contributed by atoms with Crippen LogP contribution in [0.2, 0.25) is 0 Å². The van der Waals surface area contributed by atoms with E-state index in [4.69, 9.17) is 4.74 Å². The molecule has 0 aliphatic heterocycles. The van der Waals surface area contributed by atoms with Crippen molar-refractivity contribution in [3.05, 3.63) is 10.6 Å². The van der Waals surface area contributed by atoms with E-state index in [9.17, 15) is 9.59 Å². The molecule has 0 radical (unpaired) electrons. The summed E-state index contributed by atoms with van der Waals surface area (Å²) in [7, 11) is 0. The maximum atomic E-state index is 12.4. The SMILES string of the molecule is CCCCC1CCC(C(=O)Nc2nc(C)c(C(=O)OCC)s2)CC1. The van der Waals surface area contributed by atoms with E-state index in [2.05, 4.69) is 17.2 Å². The molecular formula is C18H28N2O3S. The van der Waals surface area contributed by atoms with Crippen molar-refractivity contribution in [2.75, 3.05) is 11.9 Å². The maximum absolute atomic E-state index is 12.4. The Kier molecular flexibility index (Phi) is 7.21. The first-order valence-corrected chi connectivity index (χ1v) is 9.82. The summed E-state index contributed by atoms with van der Waals surface area (Å²) in [5, 5.41) is 3.38. The summed E-state index contributed by atoms with van der Waals surface area (Å²) in [6.07, 6.45) is 8.01. The number of aromatic nitrogens is 1. The fourth-order valence-corrected chi connectivity index (χ4v) is 4.11. The minimum absolute atomic E-state index is 0.0353. The van der Waals surface area contributed by atoms with Gasteiger partial charge in [-0.25, -0.2) is 9.78 Å². The van der Waals surface area contributed by atoms with Gasteiger partial charge >= 0.3 is 5.97 Å². The number of anilines is 1. The molecule has 0 aromatic carbocycles. The molecule has 0 atom stereocenters. The highest BCUT2D eigenvalue weighted by molar-refractivity contribution is 7.17. The Labute approximate surface area is 148 Å². The summed E-state index contributed by atoms with van der Waals surface area (Å²) in [6.45, 7) is 6.09. The lowest BCUT2D eigenvalue weighted by Crippen LogP contribution is -2.27. The number of carbonyl (C=O) groups is 2. The number of thiazole rings is 1. The molecule has 1 aromatic heterocycles. The average Bonchev–Trinajstić information content (AvgIpc) is 2.94. The highest BCUT2D eigenvalue weighted by Crippen LogP contribution is 2.33. The van der Waals surface area contributed by atoms with E-state index in [0.29, 0.717) is 22.3 Å². The quantitative estimate of drug-likeness (QED) is 0.730. The summed E-state index contributed by atoms with van der Waals surface area (Å²) in [5.41, 5.74) is 0.608. The van der Waals surface area contributed by atoms with Crippen LogP contribution in [0.4, 0.5) is 5.13 Å². The van der Waals surface area contributed by atoms with Crippen LogP contribution in [0.3, 0.4) is 0 Å². The Bertz CT molecular complexity index is 563. The zero-order chi connectivity index (χ0) is 17.5. The van der Waals surface area contributed by atoms with Gasteiger partial charge in [0.1, 0.15) is 4.88 Å². The third-order valence-electron chi connectivity index (χ3n) is 4.67. The van der Waals surface area contributed by atoms with Crippen LogP contribution in [0.25, 0.3) is 0 Å². The summed E-state index contributed by atoms with van der Waals surface area (Å²) < 4.78 is 5.01. The number of carbonyl (C=O) groups excluding carboxylic acids is 2. The van der Waals surface area contributed by atoms with E-state index in [1.54, 1.807) is 13.8 Å². The lowest BCUT2D eigenvalue weighted by molar-refractivity contribution is -0.121. The highest BCUT2D eigenvalue weighted by Gasteiger charge is 2.27. The standard InChI is InChI=1S/C18H28N2O3S/c1-4-6-7-13-8-10-14(11-9-13)16(21)20-18-19-12(3)15(24-18)17(22)23-5-2/h13-14H,4-11H2,1-3H3,(H,19,20,21). The third kappa shape index (κ3) is 5.03. The Balaban J connectivity index is 1.87. The number of amides is 1. The van der Waals surface area contributed by atoms with Crippen molar-refractivity contribution >= 4 is 28.3 Å². The van der Waals surface area contributed by atoms with Crippen LogP contribution in [-0.2, 0) is 9.53 Å². The van der Waals surface area contributed by atoms with Crippen molar-refractivity contribution in [2.24, 2.45) is 11.8 Å². The molecule has 134 valence electrons. The van der Waals surface area contributed by atoms with Gasteiger partial charge in [0, 0.05) is 5.92 Å². The Morgan fingerprint density at radius 2 is 1.96 bits per heavy atom. The van der Waals surface area contributed by atoms with Gasteiger partial charge in [-0.05, 0) is 45.4 Å². The Morgan fingerprint density at radius 3 is 2.58 bits per heavy atom. The van der Waals surface area contributed by atoms with Gasteiger partial charge in [0.05, 0.1) is 12.3 Å². The van der Waals surface area contributed by atoms with Crippen LogP contribution in [0, 0.1) is 18.8 Å². The molecule has 1 aliphatic carbocycles. The number of ether oxygens (including phenoxy) is 1. The molecule has 1 N–H and O–H groups in total. The first-order chi connectivity index (χ1) is 11.5. The topological polar surface area (TPSA) is 68.3 Å². The van der Waals surface area contributed by atoms with Crippen molar-refractivity contribution in [3.63, 3.8) is 0 Å². The van der Waals surface area contributed by atoms with E-state index in [1.165, 1.54) is 30.6 Å². The zero-order valence-corrected chi connectivity index (χ0v) is 15.7. The van der Waals surface area contributed by atoms with Gasteiger partial charge in [-0.1, -0.05) is 37.5 Å². The van der Waals surface area contributed by atoms with Crippen LogP contribution >= 0.6 is 11.3 Å². The number of nitrogens with one attached hydrogen (secondary N) is 1. The summed E-state index contributed by atoms with van der Waals surface area (Å²) in [5.74, 6) is 0.516. The fourth-order valence-electron chi connectivity index (χ4n) is 3.25. The summed E-state index contributed by atoms with van der Waals surface area (Å²) in [4.78, 5) is 29.0. The van der Waals surface area contributed by atoms with Gasteiger partial charge in [0.25, 0.3) is 0 Å². The number of rotatable bonds is 7. The second-order valence-corrected chi connectivity index (χ2v) is 7.50. The van der Waals surface area contributed by atoms with E-state index in [-0.39, 0.29) is 17.8 Å². The maximum Gasteiger partial charge on any atom is 0.350 e. The molecule has 0 spiro atoms. The largest absolute Gasteiger partial charge is 0.462 e. The number of aryl methyl sites for hydroxylation is 1. The van der Waals surface area contributed by atoms with Gasteiger partial charge < -0.3 is 10.1 Å². The average molecular weight is 353 g/mol. The molecule has 0 unspecified atom stereocenters. The Morgan fingerprint density at radius 1 is 1.25 bits per heavy atom. The summed E-state index contributed by atoms with van der Waals surface area (Å²) in [6, 6.07) is 0. The van der Waals surface area contributed by atoms with Crippen LogP contribution in [0.15, 0.2) is 0 Å². The zero-order valence-electron chi connectivity index (χ0n) is 14.9. The van der Waals surface area contributed by atoms with Gasteiger partial charge in [0.15, 0.2) is 5.13 Å². The predicted octanol–water partition coefficient (Wildman–Crippen LogP) is 4.56. The van der Waals surface area contributed by atoms with Crippen molar-refractivity contribution in [2.45, 2.75) is 65.7 Å². The first-order valence-electron chi connectivity index (χ1n) is 9.00. The smallest absolute Gasteiger partial charge is 0.350 e. The van der Waals surface area contributed by atoms with Gasteiger partial charge in [-0.2, -0.15) is 0 Å². The molecule has 0 bridgehead atoms. The normalized spacial score (nSPS) is 20.6. The molecule has 24 heavy (non-hydrogen) atoms. The van der Waals surface area contributed by atoms with E-state index in [0.717, 1.165) is 31.6 Å². The molecule has 1 heterocycles. The predicted molar refractivity (Wildman–Crippen MR) is 96.4 cm³/mol. The molecule has 1 aliphatic rings. The molecule has 6 heteroatoms. The van der Waals surface area contributed by atoms with Gasteiger partial charge in [-0.15, -0.1) is 0 Å². The number of hydrogen-bond acceptors (Lipinski definition) is 5. The van der Waals surface area contributed by atoms with Gasteiger partial charge in [0.2, 0.25) is 5.91 Å². The molecule has 2 rings (SSSR count). The second kappa shape index (κ2) is 9.16. The molecule has 1 aromatic rings. The van der Waals surface area contributed by atoms with Gasteiger partial charge in [-0.3, -0.25) is 4.79 Å². The van der Waals surface area contributed by atoms with Crippen molar-refractivity contribution < 1.29 is 14.3 Å². The minimum atomic E-state index is -0.371. The number of unbranched alkanes of at least 4 members (excludes halogenated alkanes) is 1. The highest BCUT2D eigenvalue weighted by atomic mass is 32.1. The van der Waals surface area contributed by atoms with E-state index >= 15 is 0 Å². The van der Waals surface area contributed by atoms with Crippen LogP contribution in [0.5, 0.6) is 0 Å². The van der Waals surface area contributed by atoms with Crippen molar-refractivity contribution in [1.82, 2.24) is 4.98 Å². The molecular weight excluding hydrogens is 324 g/mol. The molecule has 1 amide bonds. The number of hydrogen-bond donors (Lipinski definition) is 1. The number of esters is 1. The lowest BCUT2D eigenvalue weighted by Gasteiger charge is -2.27. The molecule has 1 fully saturated rings. The molecule has 1 saturated carbocycles. The van der Waals surface area contributed by atoms with Crippen molar-refractivity contribution in [1.29, 1.82) is 0 Å². The monoisotopic (exact) mass is 352 g/mol. The third-order valence-corrected chi connectivity index (χ3v) is 5.72. The van der Waals surface area contributed by atoms with Crippen LogP contribution in [0.1, 0.15) is 74.2 Å². The minimum Gasteiger partial charge on any atom is -0.462 e. The molecule has 0 saturated heterocycles. The lowest BCUT2D eigenvalue weighted by atomic mass is 9.79. The molecule has 5 nitrogen and oxygen atoms in total. The van der Waals surface area contributed by atoms with Crippen molar-refractivity contribution in [3.8, 4) is 0 Å². The summed E-state index contributed by atoms with van der Waals surface area (Å²) >= 11 is 1.19. The fraction of sp³-hybridized carbons (Fsp3) is 0.722.